The van der Waals surface area contributed by atoms with Gasteiger partial charge in [-0.25, -0.2) is 0 Å². The summed E-state index contributed by atoms with van der Waals surface area (Å²) in [7, 11) is 0. The Morgan fingerprint density at radius 2 is 1.92 bits per heavy atom. The highest BCUT2D eigenvalue weighted by Crippen LogP contribution is 2.31. The molecule has 0 fully saturated rings. The van der Waals surface area contributed by atoms with Crippen LogP contribution >= 0.6 is 0 Å². The standard InChI is InChI=1S/C20H22N2O3/c1-14-7-8-16(15(2)13-14)21-19(23)9-10-20(24)22-11-12-25-18-6-4-3-5-17(18)22/h3-8,13H,9-12H2,1-2H3,(H,21,23). The first-order chi connectivity index (χ1) is 12.0. The van der Waals surface area contributed by atoms with Crippen LogP contribution in [0.25, 0.3) is 0 Å². The van der Waals surface area contributed by atoms with Crippen molar-refractivity contribution in [2.75, 3.05) is 23.4 Å². The van der Waals surface area contributed by atoms with Gasteiger partial charge < -0.3 is 15.0 Å². The molecule has 1 aliphatic heterocycles. The maximum atomic E-state index is 12.5. The fraction of sp³-hybridized carbons (Fsp3) is 0.300. The van der Waals surface area contributed by atoms with Crippen molar-refractivity contribution in [3.63, 3.8) is 0 Å². The first kappa shape index (κ1) is 17.0. The third kappa shape index (κ3) is 3.99. The highest BCUT2D eigenvalue weighted by Gasteiger charge is 2.23. The zero-order valence-corrected chi connectivity index (χ0v) is 14.5. The van der Waals surface area contributed by atoms with Crippen LogP contribution in [0, 0.1) is 13.8 Å². The van der Waals surface area contributed by atoms with E-state index in [1.807, 2.05) is 56.3 Å². The van der Waals surface area contributed by atoms with E-state index in [0.29, 0.717) is 18.9 Å². The van der Waals surface area contributed by atoms with E-state index in [9.17, 15) is 9.59 Å². The first-order valence-electron chi connectivity index (χ1n) is 8.44. The fourth-order valence-electron chi connectivity index (χ4n) is 2.95. The number of carbonyl (C=O) groups is 2. The molecule has 1 aliphatic rings. The highest BCUT2D eigenvalue weighted by molar-refractivity contribution is 5.99. The molecular weight excluding hydrogens is 316 g/mol. The van der Waals surface area contributed by atoms with Crippen molar-refractivity contribution < 1.29 is 14.3 Å². The molecule has 25 heavy (non-hydrogen) atoms. The Morgan fingerprint density at radius 3 is 2.72 bits per heavy atom. The van der Waals surface area contributed by atoms with Crippen molar-refractivity contribution in [3.8, 4) is 5.75 Å². The molecule has 0 saturated carbocycles. The summed E-state index contributed by atoms with van der Waals surface area (Å²) >= 11 is 0. The van der Waals surface area contributed by atoms with Crippen LogP contribution in [-0.4, -0.2) is 25.0 Å². The van der Waals surface area contributed by atoms with Crippen LogP contribution in [0.15, 0.2) is 42.5 Å². The van der Waals surface area contributed by atoms with E-state index in [1.165, 1.54) is 0 Å². The highest BCUT2D eigenvalue weighted by atomic mass is 16.5. The molecule has 0 aliphatic carbocycles. The maximum absolute atomic E-state index is 12.5. The number of nitrogens with one attached hydrogen (secondary N) is 1. The van der Waals surface area contributed by atoms with Gasteiger partial charge in [-0.2, -0.15) is 0 Å². The lowest BCUT2D eigenvalue weighted by molar-refractivity contribution is -0.122. The Morgan fingerprint density at radius 1 is 1.12 bits per heavy atom. The normalized spacial score (nSPS) is 13.0. The van der Waals surface area contributed by atoms with Gasteiger partial charge in [0.1, 0.15) is 12.4 Å². The fourth-order valence-corrected chi connectivity index (χ4v) is 2.95. The quantitative estimate of drug-likeness (QED) is 0.929. The lowest BCUT2D eigenvalue weighted by atomic mass is 10.1. The molecule has 5 heteroatoms. The molecule has 0 bridgehead atoms. The summed E-state index contributed by atoms with van der Waals surface area (Å²) in [5.74, 6) is 0.496. The summed E-state index contributed by atoms with van der Waals surface area (Å²) in [4.78, 5) is 26.4. The molecular formula is C20H22N2O3. The van der Waals surface area contributed by atoms with E-state index in [-0.39, 0.29) is 24.7 Å². The van der Waals surface area contributed by atoms with Crippen molar-refractivity contribution >= 4 is 23.2 Å². The van der Waals surface area contributed by atoms with Crippen molar-refractivity contribution in [1.29, 1.82) is 0 Å². The number of aryl methyl sites for hydroxylation is 2. The first-order valence-corrected chi connectivity index (χ1v) is 8.44. The Kier molecular flexibility index (Phi) is 5.03. The molecule has 0 spiro atoms. The van der Waals surface area contributed by atoms with Gasteiger partial charge in [-0.15, -0.1) is 0 Å². The molecule has 0 unspecified atom stereocenters. The van der Waals surface area contributed by atoms with Gasteiger partial charge in [0.15, 0.2) is 0 Å². The molecule has 2 aromatic carbocycles. The Bertz CT molecular complexity index is 801. The molecule has 5 nitrogen and oxygen atoms in total. The monoisotopic (exact) mass is 338 g/mol. The summed E-state index contributed by atoms with van der Waals surface area (Å²) in [5, 5.41) is 2.88. The zero-order chi connectivity index (χ0) is 17.8. The van der Waals surface area contributed by atoms with E-state index < -0.39 is 0 Å². The number of carbonyl (C=O) groups excluding carboxylic acids is 2. The number of nitrogens with zero attached hydrogens (tertiary/aromatic N) is 1. The Labute approximate surface area is 147 Å². The van der Waals surface area contributed by atoms with Crippen LogP contribution in [0.1, 0.15) is 24.0 Å². The summed E-state index contributed by atoms with van der Waals surface area (Å²) in [5.41, 5.74) is 3.73. The number of hydrogen-bond donors (Lipinski definition) is 1. The van der Waals surface area contributed by atoms with Gasteiger partial charge in [-0.05, 0) is 37.6 Å². The third-order valence-corrected chi connectivity index (χ3v) is 4.25. The number of amides is 2. The SMILES string of the molecule is Cc1ccc(NC(=O)CCC(=O)N2CCOc3ccccc32)c(C)c1. The molecule has 0 aromatic heterocycles. The van der Waals surface area contributed by atoms with Gasteiger partial charge in [-0.1, -0.05) is 29.8 Å². The van der Waals surface area contributed by atoms with Gasteiger partial charge in [-0.3, -0.25) is 9.59 Å². The lowest BCUT2D eigenvalue weighted by Gasteiger charge is -2.29. The molecule has 2 aromatic rings. The van der Waals surface area contributed by atoms with Crippen molar-refractivity contribution in [3.05, 3.63) is 53.6 Å². The average molecular weight is 338 g/mol. The van der Waals surface area contributed by atoms with E-state index in [1.54, 1.807) is 4.90 Å². The molecule has 1 heterocycles. The van der Waals surface area contributed by atoms with E-state index in [0.717, 1.165) is 22.5 Å². The smallest absolute Gasteiger partial charge is 0.227 e. The predicted molar refractivity (Wildman–Crippen MR) is 98.1 cm³/mol. The average Bonchev–Trinajstić information content (AvgIpc) is 2.61. The molecule has 130 valence electrons. The van der Waals surface area contributed by atoms with Crippen molar-refractivity contribution in [2.45, 2.75) is 26.7 Å². The zero-order valence-electron chi connectivity index (χ0n) is 14.5. The molecule has 1 N–H and O–H groups in total. The molecule has 2 amide bonds. The summed E-state index contributed by atoms with van der Waals surface area (Å²) in [6.45, 7) is 4.95. The van der Waals surface area contributed by atoms with Gasteiger partial charge in [0, 0.05) is 18.5 Å². The number of hydrogen-bond acceptors (Lipinski definition) is 3. The van der Waals surface area contributed by atoms with E-state index in [4.69, 9.17) is 4.74 Å². The minimum Gasteiger partial charge on any atom is -0.490 e. The van der Waals surface area contributed by atoms with Gasteiger partial charge >= 0.3 is 0 Å². The number of anilines is 2. The minimum absolute atomic E-state index is 0.0634. The lowest BCUT2D eigenvalue weighted by Crippen LogP contribution is -2.38. The molecule has 0 saturated heterocycles. The predicted octanol–water partition coefficient (Wildman–Crippen LogP) is 3.45. The number of para-hydroxylation sites is 2. The molecule has 3 rings (SSSR count). The topological polar surface area (TPSA) is 58.6 Å². The van der Waals surface area contributed by atoms with E-state index in [2.05, 4.69) is 5.32 Å². The van der Waals surface area contributed by atoms with Crippen LogP contribution in [0.3, 0.4) is 0 Å². The third-order valence-electron chi connectivity index (χ3n) is 4.25. The maximum Gasteiger partial charge on any atom is 0.227 e. The van der Waals surface area contributed by atoms with Gasteiger partial charge in [0.25, 0.3) is 0 Å². The Balaban J connectivity index is 1.58. The second kappa shape index (κ2) is 7.38. The molecule has 0 radical (unpaired) electrons. The molecule has 0 atom stereocenters. The van der Waals surface area contributed by atoms with Crippen molar-refractivity contribution in [1.82, 2.24) is 0 Å². The van der Waals surface area contributed by atoms with Crippen LogP contribution < -0.4 is 15.0 Å². The van der Waals surface area contributed by atoms with Crippen molar-refractivity contribution in [2.24, 2.45) is 0 Å². The van der Waals surface area contributed by atoms with Crippen LogP contribution in [0.2, 0.25) is 0 Å². The van der Waals surface area contributed by atoms with Crippen LogP contribution in [-0.2, 0) is 9.59 Å². The van der Waals surface area contributed by atoms with Gasteiger partial charge in [0.05, 0.1) is 12.2 Å². The number of ether oxygens (including phenoxy) is 1. The number of fused-ring (bicyclic) bond motifs is 1. The second-order valence-electron chi connectivity index (χ2n) is 6.23. The Hall–Kier alpha value is -2.82. The van der Waals surface area contributed by atoms with Crippen LogP contribution in [0.5, 0.6) is 5.75 Å². The number of benzene rings is 2. The van der Waals surface area contributed by atoms with Crippen LogP contribution in [0.4, 0.5) is 11.4 Å². The largest absolute Gasteiger partial charge is 0.490 e. The van der Waals surface area contributed by atoms with Gasteiger partial charge in [0.2, 0.25) is 11.8 Å². The van der Waals surface area contributed by atoms with E-state index >= 15 is 0 Å². The second-order valence-corrected chi connectivity index (χ2v) is 6.23. The summed E-state index contributed by atoms with van der Waals surface area (Å²) in [6.07, 6.45) is 0.330. The summed E-state index contributed by atoms with van der Waals surface area (Å²) < 4.78 is 5.56. The number of rotatable bonds is 4. The summed E-state index contributed by atoms with van der Waals surface area (Å²) in [6, 6.07) is 13.3. The minimum atomic E-state index is -0.151.